The van der Waals surface area contributed by atoms with Crippen molar-refractivity contribution in [2.24, 2.45) is 0 Å². The minimum atomic E-state index is -0.247. The normalized spacial score (nSPS) is 14.5. The summed E-state index contributed by atoms with van der Waals surface area (Å²) >= 11 is 2.81. The molecule has 1 saturated carbocycles. The average Bonchev–Trinajstić information content (AvgIpc) is 3.42. The first-order valence-corrected chi connectivity index (χ1v) is 12.1. The van der Waals surface area contributed by atoms with Crippen LogP contribution in [0.15, 0.2) is 29.3 Å². The number of hydrogen-bond acceptors (Lipinski definition) is 7. The molecule has 1 atom stereocenters. The molecular formula is C23H25N3O3S2. The molecule has 0 spiro atoms. The number of aryl methyl sites for hydroxylation is 2. The number of ether oxygens (including phenoxy) is 1. The summed E-state index contributed by atoms with van der Waals surface area (Å²) in [6.07, 6.45) is 2.12. The molecule has 0 bridgehead atoms. The predicted octanol–water partition coefficient (Wildman–Crippen LogP) is 4.67. The van der Waals surface area contributed by atoms with Crippen LogP contribution in [-0.4, -0.2) is 40.6 Å². The molecule has 0 radical (unpaired) electrons. The molecule has 4 rings (SSSR count). The van der Waals surface area contributed by atoms with Gasteiger partial charge in [0, 0.05) is 21.9 Å². The van der Waals surface area contributed by atoms with Gasteiger partial charge in [-0.1, -0.05) is 11.8 Å². The first kappa shape index (κ1) is 21.8. The maximum absolute atomic E-state index is 12.9. The Morgan fingerprint density at radius 3 is 2.71 bits per heavy atom. The number of benzene rings is 1. The van der Waals surface area contributed by atoms with Gasteiger partial charge in [-0.2, -0.15) is 0 Å². The van der Waals surface area contributed by atoms with Crippen molar-refractivity contribution in [3.63, 3.8) is 0 Å². The van der Waals surface area contributed by atoms with Crippen LogP contribution >= 0.6 is 23.1 Å². The number of ketones is 1. The molecule has 31 heavy (non-hydrogen) atoms. The fourth-order valence-electron chi connectivity index (χ4n) is 3.39. The maximum Gasteiger partial charge on any atom is 0.228 e. The highest BCUT2D eigenvalue weighted by atomic mass is 32.2. The van der Waals surface area contributed by atoms with Crippen molar-refractivity contribution in [3.8, 4) is 5.75 Å². The summed E-state index contributed by atoms with van der Waals surface area (Å²) in [5, 5.41) is 4.72. The van der Waals surface area contributed by atoms with Gasteiger partial charge >= 0.3 is 0 Å². The molecule has 1 unspecified atom stereocenters. The molecule has 1 aliphatic carbocycles. The van der Waals surface area contributed by atoms with E-state index in [2.05, 4.69) is 15.3 Å². The van der Waals surface area contributed by atoms with Crippen molar-refractivity contribution in [3.05, 3.63) is 45.4 Å². The minimum absolute atomic E-state index is 0.0287. The molecule has 2 heterocycles. The molecule has 3 aromatic rings. The van der Waals surface area contributed by atoms with Gasteiger partial charge in [-0.05, 0) is 57.9 Å². The molecule has 0 saturated heterocycles. The Morgan fingerprint density at radius 2 is 2.00 bits per heavy atom. The van der Waals surface area contributed by atoms with Crippen molar-refractivity contribution >= 4 is 45.7 Å². The van der Waals surface area contributed by atoms with Gasteiger partial charge in [-0.3, -0.25) is 9.59 Å². The number of thioether (sulfide) groups is 1. The van der Waals surface area contributed by atoms with Crippen LogP contribution in [0.25, 0.3) is 10.9 Å². The van der Waals surface area contributed by atoms with E-state index in [9.17, 15) is 9.59 Å². The van der Waals surface area contributed by atoms with Gasteiger partial charge < -0.3 is 10.1 Å². The summed E-state index contributed by atoms with van der Waals surface area (Å²) < 4.78 is 5.44. The van der Waals surface area contributed by atoms with Crippen LogP contribution < -0.4 is 10.1 Å². The molecule has 1 aliphatic rings. The Hall–Kier alpha value is -2.45. The standard InChI is InChI=1S/C23H25N3O3S2/c1-12-18(29-4)8-7-16-21(12)23(25-14(3)24-16)30-11-17(27)20-10-9-19(31-20)13(2)22(28)26-15-5-6-15/h7-10,13,15H,5-6,11H2,1-4H3,(H,26,28). The van der Waals surface area contributed by atoms with E-state index < -0.39 is 0 Å². The van der Waals surface area contributed by atoms with Gasteiger partial charge in [-0.15, -0.1) is 11.3 Å². The number of carbonyl (C=O) groups excluding carboxylic acids is 2. The van der Waals surface area contributed by atoms with Crippen molar-refractivity contribution < 1.29 is 14.3 Å². The van der Waals surface area contributed by atoms with Gasteiger partial charge in [0.2, 0.25) is 5.91 Å². The zero-order valence-corrected chi connectivity index (χ0v) is 19.7. The van der Waals surface area contributed by atoms with Crippen LogP contribution in [0, 0.1) is 13.8 Å². The van der Waals surface area contributed by atoms with Crippen LogP contribution in [0.1, 0.15) is 51.6 Å². The Balaban J connectivity index is 1.49. The van der Waals surface area contributed by atoms with Gasteiger partial charge in [0.05, 0.1) is 29.2 Å². The second-order valence-corrected chi connectivity index (χ2v) is 9.86. The number of nitrogens with zero attached hydrogens (tertiary/aromatic N) is 2. The van der Waals surface area contributed by atoms with Crippen molar-refractivity contribution in [1.29, 1.82) is 0 Å². The highest BCUT2D eigenvalue weighted by Gasteiger charge is 2.27. The molecule has 162 valence electrons. The lowest BCUT2D eigenvalue weighted by Crippen LogP contribution is -2.29. The maximum atomic E-state index is 12.9. The second-order valence-electron chi connectivity index (χ2n) is 7.78. The number of aromatic nitrogens is 2. The van der Waals surface area contributed by atoms with E-state index in [-0.39, 0.29) is 23.4 Å². The Morgan fingerprint density at radius 1 is 1.23 bits per heavy atom. The van der Waals surface area contributed by atoms with Gasteiger partial charge in [-0.25, -0.2) is 9.97 Å². The lowest BCUT2D eigenvalue weighted by molar-refractivity contribution is -0.122. The molecule has 6 nitrogen and oxygen atoms in total. The van der Waals surface area contributed by atoms with Crippen molar-refractivity contribution in [2.45, 2.75) is 50.6 Å². The monoisotopic (exact) mass is 455 g/mol. The average molecular weight is 456 g/mol. The predicted molar refractivity (Wildman–Crippen MR) is 125 cm³/mol. The van der Waals surface area contributed by atoms with Crippen LogP contribution in [0.2, 0.25) is 0 Å². The fourth-order valence-corrected chi connectivity index (χ4v) is 5.50. The number of rotatable bonds is 8. The minimum Gasteiger partial charge on any atom is -0.496 e. The molecule has 1 fully saturated rings. The van der Waals surface area contributed by atoms with E-state index in [1.165, 1.54) is 23.1 Å². The number of amides is 1. The SMILES string of the molecule is COc1ccc2nc(C)nc(SCC(=O)c3ccc(C(C)C(=O)NC4CC4)s3)c2c1C. The second kappa shape index (κ2) is 8.96. The highest BCUT2D eigenvalue weighted by Crippen LogP contribution is 2.34. The van der Waals surface area contributed by atoms with Crippen LogP contribution in [0.5, 0.6) is 5.75 Å². The summed E-state index contributed by atoms with van der Waals surface area (Å²) in [6, 6.07) is 7.86. The molecule has 8 heteroatoms. The number of carbonyl (C=O) groups is 2. The summed E-state index contributed by atoms with van der Waals surface area (Å²) in [6.45, 7) is 5.72. The zero-order chi connectivity index (χ0) is 22.1. The summed E-state index contributed by atoms with van der Waals surface area (Å²) in [7, 11) is 1.64. The van der Waals surface area contributed by atoms with Gasteiger partial charge in [0.15, 0.2) is 5.78 Å². The van der Waals surface area contributed by atoms with Gasteiger partial charge in [0.1, 0.15) is 16.6 Å². The number of nitrogens with one attached hydrogen (secondary N) is 1. The lowest BCUT2D eigenvalue weighted by Gasteiger charge is -2.11. The lowest BCUT2D eigenvalue weighted by atomic mass is 10.1. The molecule has 2 aromatic heterocycles. The molecule has 0 aliphatic heterocycles. The van der Waals surface area contributed by atoms with Crippen molar-refractivity contribution in [1.82, 2.24) is 15.3 Å². The number of hydrogen-bond donors (Lipinski definition) is 1. The third kappa shape index (κ3) is 4.75. The number of thiophene rings is 1. The number of Topliss-reactive ketones (excluding diaryl/α,β-unsaturated/α-hetero) is 1. The van der Waals surface area contributed by atoms with E-state index in [1.807, 2.05) is 45.0 Å². The first-order chi connectivity index (χ1) is 14.9. The van der Waals surface area contributed by atoms with Gasteiger partial charge in [0.25, 0.3) is 0 Å². The Labute approximate surface area is 189 Å². The number of methoxy groups -OCH3 is 1. The smallest absolute Gasteiger partial charge is 0.228 e. The number of fused-ring (bicyclic) bond motifs is 1. The third-order valence-electron chi connectivity index (χ3n) is 5.36. The van der Waals surface area contributed by atoms with E-state index in [1.54, 1.807) is 7.11 Å². The van der Waals surface area contributed by atoms with Crippen LogP contribution in [-0.2, 0) is 4.79 Å². The molecular weight excluding hydrogens is 430 g/mol. The summed E-state index contributed by atoms with van der Waals surface area (Å²) in [5.74, 6) is 1.52. The third-order valence-corrected chi connectivity index (χ3v) is 7.64. The van der Waals surface area contributed by atoms with Crippen LogP contribution in [0.3, 0.4) is 0 Å². The van der Waals surface area contributed by atoms with E-state index in [0.717, 1.165) is 45.0 Å². The highest BCUT2D eigenvalue weighted by molar-refractivity contribution is 8.00. The largest absolute Gasteiger partial charge is 0.496 e. The molecule has 1 aromatic carbocycles. The van der Waals surface area contributed by atoms with Crippen LogP contribution in [0.4, 0.5) is 0 Å². The Kier molecular flexibility index (Phi) is 6.29. The summed E-state index contributed by atoms with van der Waals surface area (Å²) in [5.41, 5.74) is 1.80. The van der Waals surface area contributed by atoms with E-state index >= 15 is 0 Å². The quantitative estimate of drug-likeness (QED) is 0.302. The topological polar surface area (TPSA) is 81.2 Å². The molecule has 1 N–H and O–H groups in total. The summed E-state index contributed by atoms with van der Waals surface area (Å²) in [4.78, 5) is 35.9. The van der Waals surface area contributed by atoms with E-state index in [0.29, 0.717) is 16.7 Å². The fraction of sp³-hybridized carbons (Fsp3) is 0.391. The zero-order valence-electron chi connectivity index (χ0n) is 18.0. The van der Waals surface area contributed by atoms with E-state index in [4.69, 9.17) is 4.74 Å². The van der Waals surface area contributed by atoms with Crippen molar-refractivity contribution in [2.75, 3.05) is 12.9 Å². The molecule has 1 amide bonds. The first-order valence-electron chi connectivity index (χ1n) is 10.3. The Bertz CT molecular complexity index is 1150.